The predicted octanol–water partition coefficient (Wildman–Crippen LogP) is 3.54. The fourth-order valence-electron chi connectivity index (χ4n) is 2.06. The number of hydrogen-bond donors (Lipinski definition) is 1. The molecule has 0 saturated heterocycles. The molecule has 0 atom stereocenters. The summed E-state index contributed by atoms with van der Waals surface area (Å²) >= 11 is 6.57. The summed E-state index contributed by atoms with van der Waals surface area (Å²) in [7, 11) is 0. The van der Waals surface area contributed by atoms with Gasteiger partial charge in [0.1, 0.15) is 22.4 Å². The van der Waals surface area contributed by atoms with E-state index in [9.17, 15) is 0 Å². The maximum absolute atomic E-state index is 5.81. The Morgan fingerprint density at radius 2 is 1.95 bits per heavy atom. The van der Waals surface area contributed by atoms with E-state index in [0.717, 1.165) is 27.7 Å². The van der Waals surface area contributed by atoms with Gasteiger partial charge in [-0.15, -0.1) is 11.3 Å². The topological polar surface area (TPSA) is 48.1 Å². The van der Waals surface area contributed by atoms with E-state index >= 15 is 0 Å². The van der Waals surface area contributed by atoms with Crippen LogP contribution in [0.3, 0.4) is 0 Å². The van der Waals surface area contributed by atoms with Crippen LogP contribution in [0.4, 0.5) is 0 Å². The Hall–Kier alpha value is -1.46. The van der Waals surface area contributed by atoms with E-state index in [1.54, 1.807) is 0 Å². The van der Waals surface area contributed by atoms with Crippen LogP contribution in [0.1, 0.15) is 33.6 Å². The van der Waals surface area contributed by atoms with E-state index in [-0.39, 0.29) is 0 Å². The van der Waals surface area contributed by atoms with E-state index in [4.69, 9.17) is 22.7 Å². The van der Waals surface area contributed by atoms with Crippen LogP contribution in [0, 0.1) is 13.8 Å². The Balaban J connectivity index is 2.12. The molecule has 1 aromatic carbocycles. The summed E-state index contributed by atoms with van der Waals surface area (Å²) in [5.74, 6) is 0.868. The van der Waals surface area contributed by atoms with Crippen molar-refractivity contribution < 1.29 is 4.74 Å². The van der Waals surface area contributed by atoms with E-state index < -0.39 is 0 Å². The van der Waals surface area contributed by atoms with Crippen LogP contribution in [0.15, 0.2) is 18.2 Å². The molecule has 1 heterocycles. The molecule has 5 heteroatoms. The number of nitrogens with zero attached hydrogens (tertiary/aromatic N) is 1. The summed E-state index contributed by atoms with van der Waals surface area (Å²) in [6.07, 6.45) is 0.826. The van der Waals surface area contributed by atoms with Crippen molar-refractivity contribution in [2.45, 2.75) is 33.8 Å². The van der Waals surface area contributed by atoms with Crippen LogP contribution in [-0.2, 0) is 13.0 Å². The molecule has 2 rings (SSSR count). The molecule has 0 aliphatic heterocycles. The SMILES string of the molecule is CCc1nc(COc2cc(C)cc(C)c2)sc1C(N)=S. The maximum atomic E-state index is 5.81. The molecule has 0 fully saturated rings. The third-order valence-electron chi connectivity index (χ3n) is 2.86. The normalized spacial score (nSPS) is 10.6. The molecule has 2 aromatic rings. The second-order valence-electron chi connectivity index (χ2n) is 4.71. The van der Waals surface area contributed by atoms with Gasteiger partial charge in [0.15, 0.2) is 0 Å². The van der Waals surface area contributed by atoms with Gasteiger partial charge in [-0.05, 0) is 43.5 Å². The molecular weight excluding hydrogens is 288 g/mol. The second-order valence-corrected chi connectivity index (χ2v) is 6.24. The smallest absolute Gasteiger partial charge is 0.140 e. The van der Waals surface area contributed by atoms with E-state index in [2.05, 4.69) is 24.9 Å². The molecule has 1 aromatic heterocycles. The summed E-state index contributed by atoms with van der Waals surface area (Å²) in [6.45, 7) is 6.61. The first-order chi connectivity index (χ1) is 9.49. The molecule has 2 N–H and O–H groups in total. The summed E-state index contributed by atoms with van der Waals surface area (Å²) in [5.41, 5.74) is 9.05. The number of nitrogens with two attached hydrogens (primary N) is 1. The molecular formula is C15H18N2OS2. The van der Waals surface area contributed by atoms with Crippen molar-refractivity contribution in [3.8, 4) is 5.75 Å². The van der Waals surface area contributed by atoms with Gasteiger partial charge in [-0.25, -0.2) is 4.98 Å². The average molecular weight is 306 g/mol. The summed E-state index contributed by atoms with van der Waals surface area (Å²) in [5, 5.41) is 0.906. The van der Waals surface area contributed by atoms with Gasteiger partial charge >= 0.3 is 0 Å². The molecule has 106 valence electrons. The number of hydrogen-bond acceptors (Lipinski definition) is 4. The van der Waals surface area contributed by atoms with Gasteiger partial charge in [0.05, 0.1) is 10.6 Å². The van der Waals surface area contributed by atoms with Crippen LogP contribution in [-0.4, -0.2) is 9.97 Å². The summed E-state index contributed by atoms with van der Waals surface area (Å²) in [4.78, 5) is 5.85. The van der Waals surface area contributed by atoms with Crippen LogP contribution in [0.5, 0.6) is 5.75 Å². The standard InChI is InChI=1S/C15H18N2OS2/c1-4-12-14(15(16)19)20-13(17-12)8-18-11-6-9(2)5-10(3)7-11/h5-7H,4,8H2,1-3H3,(H2,16,19). The minimum Gasteiger partial charge on any atom is -0.486 e. The van der Waals surface area contributed by atoms with Crippen LogP contribution >= 0.6 is 23.6 Å². The molecule has 0 amide bonds. The highest BCUT2D eigenvalue weighted by Crippen LogP contribution is 2.22. The van der Waals surface area contributed by atoms with Gasteiger partial charge in [0, 0.05) is 0 Å². The van der Waals surface area contributed by atoms with Gasteiger partial charge in [-0.2, -0.15) is 0 Å². The lowest BCUT2D eigenvalue weighted by Crippen LogP contribution is -2.09. The number of benzene rings is 1. The number of thiazole rings is 1. The van der Waals surface area contributed by atoms with Gasteiger partial charge in [0.2, 0.25) is 0 Å². The molecule has 0 radical (unpaired) electrons. The molecule has 0 unspecified atom stereocenters. The maximum Gasteiger partial charge on any atom is 0.140 e. The number of thiocarbonyl (C=S) groups is 1. The average Bonchev–Trinajstić information content (AvgIpc) is 2.78. The molecule has 0 aliphatic rings. The predicted molar refractivity (Wildman–Crippen MR) is 87.6 cm³/mol. The zero-order valence-electron chi connectivity index (χ0n) is 11.9. The molecule has 3 nitrogen and oxygen atoms in total. The van der Waals surface area contributed by atoms with Crippen LogP contribution in [0.25, 0.3) is 0 Å². The van der Waals surface area contributed by atoms with E-state index in [0.29, 0.717) is 11.6 Å². The lowest BCUT2D eigenvalue weighted by molar-refractivity contribution is 0.305. The lowest BCUT2D eigenvalue weighted by atomic mass is 10.1. The number of rotatable bonds is 5. The zero-order chi connectivity index (χ0) is 14.7. The van der Waals surface area contributed by atoms with Crippen molar-refractivity contribution >= 4 is 28.5 Å². The van der Waals surface area contributed by atoms with Crippen molar-refractivity contribution in [2.24, 2.45) is 5.73 Å². The highest BCUT2D eigenvalue weighted by Gasteiger charge is 2.12. The monoisotopic (exact) mass is 306 g/mol. The van der Waals surface area contributed by atoms with Crippen LogP contribution in [0.2, 0.25) is 0 Å². The Morgan fingerprint density at radius 1 is 1.30 bits per heavy atom. The quantitative estimate of drug-likeness (QED) is 0.858. The third kappa shape index (κ3) is 3.55. The molecule has 0 saturated carbocycles. The molecule has 0 bridgehead atoms. The fourth-order valence-corrected chi connectivity index (χ4v) is 3.22. The first-order valence-corrected chi connectivity index (χ1v) is 7.71. The molecule has 0 aliphatic carbocycles. The van der Waals surface area contributed by atoms with Crippen molar-refractivity contribution in [1.82, 2.24) is 4.98 Å². The van der Waals surface area contributed by atoms with E-state index in [1.165, 1.54) is 22.5 Å². The Kier molecular flexibility index (Phi) is 4.73. The summed E-state index contributed by atoms with van der Waals surface area (Å²) < 4.78 is 5.81. The van der Waals surface area contributed by atoms with Crippen molar-refractivity contribution in [2.75, 3.05) is 0 Å². The second kappa shape index (κ2) is 6.33. The number of ether oxygens (including phenoxy) is 1. The zero-order valence-corrected chi connectivity index (χ0v) is 13.5. The highest BCUT2D eigenvalue weighted by molar-refractivity contribution is 7.81. The fraction of sp³-hybridized carbons (Fsp3) is 0.333. The summed E-state index contributed by atoms with van der Waals surface area (Å²) in [6, 6.07) is 6.17. The number of aromatic nitrogens is 1. The van der Waals surface area contributed by atoms with Gasteiger partial charge in [-0.1, -0.05) is 25.2 Å². The number of aryl methyl sites for hydroxylation is 3. The van der Waals surface area contributed by atoms with Crippen LogP contribution < -0.4 is 10.5 Å². The Morgan fingerprint density at radius 3 is 2.45 bits per heavy atom. The molecule has 0 spiro atoms. The highest BCUT2D eigenvalue weighted by atomic mass is 32.1. The minimum atomic E-state index is 0.414. The van der Waals surface area contributed by atoms with Gasteiger partial charge in [-0.3, -0.25) is 0 Å². The third-order valence-corrected chi connectivity index (χ3v) is 4.30. The Bertz CT molecular complexity index is 615. The minimum absolute atomic E-state index is 0.414. The van der Waals surface area contributed by atoms with Gasteiger partial charge < -0.3 is 10.5 Å². The van der Waals surface area contributed by atoms with Gasteiger partial charge in [0.25, 0.3) is 0 Å². The molecule has 20 heavy (non-hydrogen) atoms. The van der Waals surface area contributed by atoms with Crippen molar-refractivity contribution in [3.63, 3.8) is 0 Å². The first-order valence-electron chi connectivity index (χ1n) is 6.49. The van der Waals surface area contributed by atoms with Crippen molar-refractivity contribution in [1.29, 1.82) is 0 Å². The first kappa shape index (κ1) is 14.9. The van der Waals surface area contributed by atoms with E-state index in [1.807, 2.05) is 19.1 Å². The lowest BCUT2D eigenvalue weighted by Gasteiger charge is -2.06. The Labute approximate surface area is 128 Å². The van der Waals surface area contributed by atoms with Crippen molar-refractivity contribution in [3.05, 3.63) is 44.9 Å². The largest absolute Gasteiger partial charge is 0.486 e.